The van der Waals surface area contributed by atoms with Crippen LogP contribution in [0, 0.1) is 13.8 Å². The van der Waals surface area contributed by atoms with Crippen LogP contribution in [-0.4, -0.2) is 24.9 Å². The van der Waals surface area contributed by atoms with Crippen molar-refractivity contribution < 1.29 is 4.79 Å². The lowest BCUT2D eigenvalue weighted by Gasteiger charge is -2.14. The number of carbonyl (C=O) groups excluding carboxylic acids is 1. The predicted octanol–water partition coefficient (Wildman–Crippen LogP) is 1.59. The number of benzene rings is 1. The smallest absolute Gasteiger partial charge is 0.255 e. The fourth-order valence-electron chi connectivity index (χ4n) is 1.40. The van der Waals surface area contributed by atoms with Gasteiger partial charge in [0.2, 0.25) is 0 Å². The van der Waals surface area contributed by atoms with E-state index in [1.165, 1.54) is 4.90 Å². The van der Waals surface area contributed by atoms with E-state index in [0.29, 0.717) is 11.3 Å². The first kappa shape index (κ1) is 10.6. The molecule has 0 spiro atoms. The van der Waals surface area contributed by atoms with Gasteiger partial charge in [-0.25, -0.2) is 0 Å². The molecule has 0 aromatic heterocycles. The van der Waals surface area contributed by atoms with Crippen molar-refractivity contribution in [3.8, 4) is 0 Å². The first-order valence-corrected chi connectivity index (χ1v) is 4.52. The second-order valence-electron chi connectivity index (χ2n) is 3.74. The van der Waals surface area contributed by atoms with Crippen LogP contribution in [0.3, 0.4) is 0 Å². The molecular formula is C11H16N2O. The Morgan fingerprint density at radius 3 is 2.36 bits per heavy atom. The quantitative estimate of drug-likeness (QED) is 0.687. The minimum Gasteiger partial charge on any atom is -0.398 e. The lowest BCUT2D eigenvalue weighted by Crippen LogP contribution is -2.23. The summed E-state index contributed by atoms with van der Waals surface area (Å²) in [6.45, 7) is 3.87. The molecule has 3 heteroatoms. The summed E-state index contributed by atoms with van der Waals surface area (Å²) >= 11 is 0. The standard InChI is InChI=1S/C11H16N2O/c1-7-5-8(2)10(12)9(6-7)11(14)13(3)4/h5-6H,12H2,1-4H3. The van der Waals surface area contributed by atoms with Gasteiger partial charge in [-0.05, 0) is 31.0 Å². The van der Waals surface area contributed by atoms with Crippen LogP contribution in [0.25, 0.3) is 0 Å². The normalized spacial score (nSPS) is 10.0. The molecule has 0 unspecified atom stereocenters. The number of anilines is 1. The summed E-state index contributed by atoms with van der Waals surface area (Å²) in [5, 5.41) is 0. The minimum absolute atomic E-state index is 0.0469. The van der Waals surface area contributed by atoms with Crippen LogP contribution in [0.2, 0.25) is 0 Å². The molecular weight excluding hydrogens is 176 g/mol. The Labute approximate surface area is 84.5 Å². The first-order valence-electron chi connectivity index (χ1n) is 4.52. The second kappa shape index (κ2) is 3.70. The molecule has 1 aromatic carbocycles. The van der Waals surface area contributed by atoms with Crippen LogP contribution in [0.1, 0.15) is 21.5 Å². The van der Waals surface area contributed by atoms with Gasteiger partial charge in [0.1, 0.15) is 0 Å². The van der Waals surface area contributed by atoms with Crippen LogP contribution in [0.15, 0.2) is 12.1 Å². The summed E-state index contributed by atoms with van der Waals surface area (Å²) in [5.41, 5.74) is 9.02. The number of amides is 1. The Morgan fingerprint density at radius 1 is 1.29 bits per heavy atom. The van der Waals surface area contributed by atoms with Crippen molar-refractivity contribution in [1.29, 1.82) is 0 Å². The van der Waals surface area contributed by atoms with Crippen molar-refractivity contribution in [3.63, 3.8) is 0 Å². The van der Waals surface area contributed by atoms with E-state index in [1.807, 2.05) is 26.0 Å². The Bertz CT molecular complexity index is 370. The lowest BCUT2D eigenvalue weighted by molar-refractivity contribution is 0.0828. The molecule has 0 aliphatic rings. The van der Waals surface area contributed by atoms with Gasteiger partial charge >= 0.3 is 0 Å². The van der Waals surface area contributed by atoms with Gasteiger partial charge in [-0.2, -0.15) is 0 Å². The summed E-state index contributed by atoms with van der Waals surface area (Å²) in [6.07, 6.45) is 0. The maximum atomic E-state index is 11.7. The largest absolute Gasteiger partial charge is 0.398 e. The lowest BCUT2D eigenvalue weighted by atomic mass is 10.0. The van der Waals surface area contributed by atoms with E-state index in [-0.39, 0.29) is 5.91 Å². The molecule has 0 atom stereocenters. The van der Waals surface area contributed by atoms with Gasteiger partial charge in [-0.1, -0.05) is 6.07 Å². The molecule has 0 aliphatic heterocycles. The van der Waals surface area contributed by atoms with Gasteiger partial charge in [0.05, 0.1) is 5.56 Å². The molecule has 3 nitrogen and oxygen atoms in total. The zero-order valence-electron chi connectivity index (χ0n) is 9.09. The number of aryl methyl sites for hydroxylation is 2. The van der Waals surface area contributed by atoms with Gasteiger partial charge in [0.25, 0.3) is 5.91 Å². The number of rotatable bonds is 1. The van der Waals surface area contributed by atoms with Gasteiger partial charge in [0, 0.05) is 19.8 Å². The SMILES string of the molecule is Cc1cc(C)c(N)c(C(=O)N(C)C)c1. The van der Waals surface area contributed by atoms with Gasteiger partial charge in [-0.3, -0.25) is 4.79 Å². The van der Waals surface area contributed by atoms with Gasteiger partial charge in [0.15, 0.2) is 0 Å². The first-order chi connectivity index (χ1) is 6.43. The average Bonchev–Trinajstić information content (AvgIpc) is 2.09. The molecule has 0 bridgehead atoms. The summed E-state index contributed by atoms with van der Waals surface area (Å²) < 4.78 is 0. The zero-order chi connectivity index (χ0) is 10.9. The van der Waals surface area contributed by atoms with E-state index >= 15 is 0 Å². The molecule has 76 valence electrons. The van der Waals surface area contributed by atoms with Crippen LogP contribution in [-0.2, 0) is 0 Å². The minimum atomic E-state index is -0.0469. The summed E-state index contributed by atoms with van der Waals surface area (Å²) in [7, 11) is 3.44. The third-order valence-corrected chi connectivity index (χ3v) is 2.17. The van der Waals surface area contributed by atoms with Crippen LogP contribution in [0.4, 0.5) is 5.69 Å². The average molecular weight is 192 g/mol. The molecule has 0 fully saturated rings. The monoisotopic (exact) mass is 192 g/mol. The molecule has 0 heterocycles. The zero-order valence-corrected chi connectivity index (χ0v) is 9.09. The highest BCUT2D eigenvalue weighted by atomic mass is 16.2. The van der Waals surface area contributed by atoms with Crippen molar-refractivity contribution in [2.75, 3.05) is 19.8 Å². The summed E-state index contributed by atoms with van der Waals surface area (Å²) in [4.78, 5) is 13.2. The van der Waals surface area contributed by atoms with Crippen LogP contribution < -0.4 is 5.73 Å². The Hall–Kier alpha value is -1.51. The maximum absolute atomic E-state index is 11.7. The Kier molecular flexibility index (Phi) is 2.79. The third-order valence-electron chi connectivity index (χ3n) is 2.17. The van der Waals surface area contributed by atoms with Crippen molar-refractivity contribution in [2.45, 2.75) is 13.8 Å². The molecule has 0 saturated carbocycles. The Balaban J connectivity index is 3.27. The molecule has 0 saturated heterocycles. The number of nitrogens with zero attached hydrogens (tertiary/aromatic N) is 1. The summed E-state index contributed by atoms with van der Waals surface area (Å²) in [6, 6.07) is 3.80. The fraction of sp³-hybridized carbons (Fsp3) is 0.364. The number of hydrogen-bond acceptors (Lipinski definition) is 2. The molecule has 1 amide bonds. The topological polar surface area (TPSA) is 46.3 Å². The highest BCUT2D eigenvalue weighted by Gasteiger charge is 2.13. The number of nitrogen functional groups attached to an aromatic ring is 1. The fourth-order valence-corrected chi connectivity index (χ4v) is 1.40. The highest BCUT2D eigenvalue weighted by molar-refractivity contribution is 5.99. The van der Waals surface area contributed by atoms with Crippen molar-refractivity contribution in [1.82, 2.24) is 4.90 Å². The number of nitrogens with two attached hydrogens (primary N) is 1. The molecule has 2 N–H and O–H groups in total. The van der Waals surface area contributed by atoms with E-state index in [1.54, 1.807) is 14.1 Å². The number of carbonyl (C=O) groups is 1. The van der Waals surface area contributed by atoms with Crippen molar-refractivity contribution in [2.24, 2.45) is 0 Å². The van der Waals surface area contributed by atoms with E-state index in [4.69, 9.17) is 5.73 Å². The summed E-state index contributed by atoms with van der Waals surface area (Å²) in [5.74, 6) is -0.0469. The van der Waals surface area contributed by atoms with Gasteiger partial charge in [-0.15, -0.1) is 0 Å². The Morgan fingerprint density at radius 2 is 1.86 bits per heavy atom. The van der Waals surface area contributed by atoms with E-state index < -0.39 is 0 Å². The number of hydrogen-bond donors (Lipinski definition) is 1. The van der Waals surface area contributed by atoms with E-state index in [9.17, 15) is 4.79 Å². The van der Waals surface area contributed by atoms with Crippen molar-refractivity contribution in [3.05, 3.63) is 28.8 Å². The maximum Gasteiger partial charge on any atom is 0.255 e. The third kappa shape index (κ3) is 1.87. The molecule has 0 aliphatic carbocycles. The van der Waals surface area contributed by atoms with E-state index in [2.05, 4.69) is 0 Å². The van der Waals surface area contributed by atoms with Gasteiger partial charge < -0.3 is 10.6 Å². The molecule has 0 radical (unpaired) electrons. The van der Waals surface area contributed by atoms with Crippen molar-refractivity contribution >= 4 is 11.6 Å². The molecule has 1 rings (SSSR count). The van der Waals surface area contributed by atoms with Crippen LogP contribution >= 0.6 is 0 Å². The second-order valence-corrected chi connectivity index (χ2v) is 3.74. The van der Waals surface area contributed by atoms with E-state index in [0.717, 1.165) is 11.1 Å². The molecule has 1 aromatic rings. The molecule has 14 heavy (non-hydrogen) atoms. The predicted molar refractivity (Wildman–Crippen MR) is 58.3 cm³/mol. The highest BCUT2D eigenvalue weighted by Crippen LogP contribution is 2.20. The van der Waals surface area contributed by atoms with Crippen LogP contribution in [0.5, 0.6) is 0 Å².